The predicted octanol–water partition coefficient (Wildman–Crippen LogP) is 3.85. The van der Waals surface area contributed by atoms with Gasteiger partial charge in [-0.3, -0.25) is 10.1 Å². The van der Waals surface area contributed by atoms with Gasteiger partial charge in [-0.15, -0.1) is 10.2 Å². The molecule has 0 fully saturated rings. The van der Waals surface area contributed by atoms with E-state index >= 15 is 0 Å². The number of benzene rings is 1. The summed E-state index contributed by atoms with van der Waals surface area (Å²) in [6, 6.07) is 9.27. The molecule has 6 heteroatoms. The van der Waals surface area contributed by atoms with Crippen molar-refractivity contribution in [2.75, 3.05) is 5.32 Å². The van der Waals surface area contributed by atoms with Crippen molar-refractivity contribution in [2.24, 2.45) is 0 Å². The number of amides is 1. The topological polar surface area (TPSA) is 64.1 Å². The summed E-state index contributed by atoms with van der Waals surface area (Å²) in [5.41, 5.74) is 0. The number of carbonyl (C=O) groups is 1. The van der Waals surface area contributed by atoms with Crippen LogP contribution in [0.25, 0.3) is 0 Å². The zero-order valence-electron chi connectivity index (χ0n) is 13.1. The van der Waals surface area contributed by atoms with Crippen LogP contribution in [0.1, 0.15) is 44.5 Å². The minimum Gasteiger partial charge on any atom is -0.481 e. The van der Waals surface area contributed by atoms with Crippen LogP contribution in [0.5, 0.6) is 5.75 Å². The van der Waals surface area contributed by atoms with Crippen molar-refractivity contribution < 1.29 is 9.53 Å². The molecule has 1 N–H and O–H groups in total. The predicted molar refractivity (Wildman–Crippen MR) is 88.4 cm³/mol. The molecule has 1 heterocycles. The van der Waals surface area contributed by atoms with Crippen molar-refractivity contribution in [3.8, 4) is 5.75 Å². The lowest BCUT2D eigenvalue weighted by Gasteiger charge is -2.13. The molecule has 2 rings (SSSR count). The van der Waals surface area contributed by atoms with E-state index in [1.165, 1.54) is 11.3 Å². The molecule has 1 amide bonds. The van der Waals surface area contributed by atoms with E-state index in [1.54, 1.807) is 6.92 Å². The van der Waals surface area contributed by atoms with E-state index in [0.717, 1.165) is 17.8 Å². The van der Waals surface area contributed by atoms with Gasteiger partial charge in [0.05, 0.1) is 0 Å². The minimum atomic E-state index is -0.595. The van der Waals surface area contributed by atoms with E-state index in [2.05, 4.69) is 29.4 Å². The zero-order valence-corrected chi connectivity index (χ0v) is 13.9. The van der Waals surface area contributed by atoms with Crippen LogP contribution in [0.15, 0.2) is 30.3 Å². The summed E-state index contributed by atoms with van der Waals surface area (Å²) in [4.78, 5) is 12.1. The second-order valence-electron chi connectivity index (χ2n) is 5.20. The molecule has 1 aromatic carbocycles. The van der Waals surface area contributed by atoms with Crippen LogP contribution in [0, 0.1) is 0 Å². The average Bonchev–Trinajstić information content (AvgIpc) is 2.97. The molecule has 0 spiro atoms. The molecular weight excluding hydrogens is 298 g/mol. The Morgan fingerprint density at radius 3 is 2.68 bits per heavy atom. The highest BCUT2D eigenvalue weighted by atomic mass is 32.1. The van der Waals surface area contributed by atoms with Crippen molar-refractivity contribution in [1.82, 2.24) is 10.2 Å². The monoisotopic (exact) mass is 319 g/mol. The van der Waals surface area contributed by atoms with Crippen molar-refractivity contribution in [1.29, 1.82) is 0 Å². The summed E-state index contributed by atoms with van der Waals surface area (Å²) in [6.07, 6.45) is 1.57. The number of ether oxygens (including phenoxy) is 1. The van der Waals surface area contributed by atoms with Gasteiger partial charge in [0, 0.05) is 5.92 Å². The molecule has 5 nitrogen and oxygen atoms in total. The van der Waals surface area contributed by atoms with Crippen LogP contribution < -0.4 is 10.1 Å². The quantitative estimate of drug-likeness (QED) is 0.842. The van der Waals surface area contributed by atoms with Gasteiger partial charge in [-0.25, -0.2) is 0 Å². The average molecular weight is 319 g/mol. The van der Waals surface area contributed by atoms with E-state index in [-0.39, 0.29) is 5.91 Å². The number of hydrogen-bond acceptors (Lipinski definition) is 5. The first-order valence-corrected chi connectivity index (χ1v) is 8.27. The van der Waals surface area contributed by atoms with E-state index in [1.807, 2.05) is 30.3 Å². The Bertz CT molecular complexity index is 600. The third-order valence-corrected chi connectivity index (χ3v) is 4.31. The van der Waals surface area contributed by atoms with E-state index in [0.29, 0.717) is 16.8 Å². The highest BCUT2D eigenvalue weighted by Crippen LogP contribution is 2.26. The zero-order chi connectivity index (χ0) is 15.9. The highest BCUT2D eigenvalue weighted by molar-refractivity contribution is 7.15. The molecule has 0 saturated heterocycles. The largest absolute Gasteiger partial charge is 0.481 e. The molecule has 118 valence electrons. The molecule has 1 aromatic heterocycles. The van der Waals surface area contributed by atoms with Crippen LogP contribution in [0.2, 0.25) is 0 Å². The molecule has 2 atom stereocenters. The van der Waals surface area contributed by atoms with E-state index in [9.17, 15) is 4.79 Å². The lowest BCUT2D eigenvalue weighted by molar-refractivity contribution is -0.122. The second-order valence-corrected chi connectivity index (χ2v) is 6.21. The lowest BCUT2D eigenvalue weighted by Crippen LogP contribution is -2.30. The van der Waals surface area contributed by atoms with Crippen molar-refractivity contribution >= 4 is 22.4 Å². The van der Waals surface area contributed by atoms with Crippen molar-refractivity contribution in [3.63, 3.8) is 0 Å². The summed E-state index contributed by atoms with van der Waals surface area (Å²) in [5.74, 6) is 0.806. The number of anilines is 1. The Balaban J connectivity index is 1.91. The van der Waals surface area contributed by atoms with E-state index < -0.39 is 6.10 Å². The number of carbonyl (C=O) groups excluding carboxylic acids is 1. The van der Waals surface area contributed by atoms with Crippen molar-refractivity contribution in [3.05, 3.63) is 35.3 Å². The molecule has 0 aliphatic carbocycles. The van der Waals surface area contributed by atoms with Gasteiger partial charge in [-0.05, 0) is 25.5 Å². The Morgan fingerprint density at radius 1 is 1.27 bits per heavy atom. The maximum atomic E-state index is 12.1. The van der Waals surface area contributed by atoms with Gasteiger partial charge in [0.1, 0.15) is 10.8 Å². The fourth-order valence-corrected chi connectivity index (χ4v) is 2.84. The van der Waals surface area contributed by atoms with Gasteiger partial charge in [-0.2, -0.15) is 0 Å². The molecule has 2 aromatic rings. The molecule has 0 aliphatic rings. The minimum absolute atomic E-state index is 0.227. The standard InChI is InChI=1S/C16H21N3O2S/c1-4-8-11(2)15-18-19-16(22-15)17-14(20)12(3)21-13-9-6-5-7-10-13/h5-7,9-12H,4,8H2,1-3H3,(H,17,19,20). The SMILES string of the molecule is CCCC(C)c1nnc(NC(=O)C(C)Oc2ccccc2)s1. The molecule has 0 aliphatic heterocycles. The van der Waals surface area contributed by atoms with Crippen LogP contribution in [0.4, 0.5) is 5.13 Å². The lowest BCUT2D eigenvalue weighted by atomic mass is 10.1. The number of hydrogen-bond donors (Lipinski definition) is 1. The normalized spacial score (nSPS) is 13.4. The molecule has 0 radical (unpaired) electrons. The molecular formula is C16H21N3O2S. The summed E-state index contributed by atoms with van der Waals surface area (Å²) >= 11 is 1.42. The molecule has 0 saturated carbocycles. The van der Waals surface area contributed by atoms with Gasteiger partial charge < -0.3 is 4.74 Å². The summed E-state index contributed by atoms with van der Waals surface area (Å²) in [7, 11) is 0. The Kier molecular flexibility index (Phi) is 5.89. The summed E-state index contributed by atoms with van der Waals surface area (Å²) < 4.78 is 5.59. The summed E-state index contributed by atoms with van der Waals surface area (Å²) in [6.45, 7) is 5.98. The van der Waals surface area contributed by atoms with Crippen LogP contribution in [-0.4, -0.2) is 22.2 Å². The van der Waals surface area contributed by atoms with Gasteiger partial charge in [0.15, 0.2) is 6.10 Å². The molecule has 0 bridgehead atoms. The summed E-state index contributed by atoms with van der Waals surface area (Å²) in [5, 5.41) is 12.4. The third-order valence-electron chi connectivity index (χ3n) is 3.24. The number of aromatic nitrogens is 2. The Morgan fingerprint density at radius 2 is 2.00 bits per heavy atom. The van der Waals surface area contributed by atoms with Gasteiger partial charge in [0.2, 0.25) is 5.13 Å². The highest BCUT2D eigenvalue weighted by Gasteiger charge is 2.18. The molecule has 22 heavy (non-hydrogen) atoms. The first-order valence-electron chi connectivity index (χ1n) is 7.46. The maximum Gasteiger partial charge on any atom is 0.266 e. The van der Waals surface area contributed by atoms with Crippen molar-refractivity contribution in [2.45, 2.75) is 45.6 Å². The fourth-order valence-electron chi connectivity index (χ4n) is 2.00. The number of nitrogens with one attached hydrogen (secondary N) is 1. The first-order chi connectivity index (χ1) is 10.6. The Labute approximate surface area is 134 Å². The Hall–Kier alpha value is -1.95. The number of nitrogens with zero attached hydrogens (tertiary/aromatic N) is 2. The van der Waals surface area contributed by atoms with Crippen LogP contribution in [-0.2, 0) is 4.79 Å². The number of rotatable bonds is 7. The molecule has 2 unspecified atom stereocenters. The van der Waals surface area contributed by atoms with Gasteiger partial charge >= 0.3 is 0 Å². The maximum absolute atomic E-state index is 12.1. The van der Waals surface area contributed by atoms with Crippen LogP contribution >= 0.6 is 11.3 Å². The first kappa shape index (κ1) is 16.4. The van der Waals surface area contributed by atoms with E-state index in [4.69, 9.17) is 4.74 Å². The van der Waals surface area contributed by atoms with Crippen LogP contribution in [0.3, 0.4) is 0 Å². The third kappa shape index (κ3) is 4.53. The van der Waals surface area contributed by atoms with Gasteiger partial charge in [-0.1, -0.05) is 49.8 Å². The number of para-hydroxylation sites is 1. The smallest absolute Gasteiger partial charge is 0.266 e. The fraction of sp³-hybridized carbons (Fsp3) is 0.438. The van der Waals surface area contributed by atoms with Gasteiger partial charge in [0.25, 0.3) is 5.91 Å². The second kappa shape index (κ2) is 7.89.